The van der Waals surface area contributed by atoms with E-state index in [1.807, 2.05) is 30.3 Å². The Morgan fingerprint density at radius 1 is 1.11 bits per heavy atom. The minimum atomic E-state index is -0.0678. The van der Waals surface area contributed by atoms with Crippen molar-refractivity contribution in [1.29, 1.82) is 0 Å². The normalized spacial score (nSPS) is 15.6. The highest BCUT2D eigenvalue weighted by Crippen LogP contribution is 2.32. The van der Waals surface area contributed by atoms with Gasteiger partial charge in [-0.25, -0.2) is 0 Å². The molecule has 1 amide bonds. The molecular formula is C21H21NO3S2. The summed E-state index contributed by atoms with van der Waals surface area (Å²) in [5, 5.41) is 0. The Balaban J connectivity index is 1.61. The van der Waals surface area contributed by atoms with Crippen molar-refractivity contribution in [2.75, 3.05) is 20.3 Å². The lowest BCUT2D eigenvalue weighted by molar-refractivity contribution is -0.122. The van der Waals surface area contributed by atoms with Crippen LogP contribution in [0.5, 0.6) is 5.75 Å². The molecule has 0 spiro atoms. The Bertz CT molecular complexity index is 845. The third-order valence-corrected chi connectivity index (χ3v) is 5.47. The summed E-state index contributed by atoms with van der Waals surface area (Å²) in [5.41, 5.74) is 3.30. The average Bonchev–Trinajstić information content (AvgIpc) is 2.94. The Morgan fingerprint density at radius 3 is 2.48 bits per heavy atom. The number of thioether (sulfide) groups is 1. The van der Waals surface area contributed by atoms with Gasteiger partial charge in [0.25, 0.3) is 5.91 Å². The fourth-order valence-corrected chi connectivity index (χ4v) is 3.85. The lowest BCUT2D eigenvalue weighted by Gasteiger charge is -2.12. The standard InChI is InChI=1S/C21H21NO3S2/c1-15-3-5-17(6-4-15)14-25-18-9-7-16(8-10-18)13-19-20(23)22(11-12-24-2)21(26)27-19/h3-10,13H,11-12,14H2,1-2H3. The van der Waals surface area contributed by atoms with Crippen LogP contribution in [0.2, 0.25) is 0 Å². The quantitative estimate of drug-likeness (QED) is 0.509. The van der Waals surface area contributed by atoms with Crippen molar-refractivity contribution >= 4 is 40.3 Å². The van der Waals surface area contributed by atoms with Gasteiger partial charge in [0.1, 0.15) is 16.7 Å². The smallest absolute Gasteiger partial charge is 0.266 e. The van der Waals surface area contributed by atoms with E-state index in [9.17, 15) is 4.79 Å². The van der Waals surface area contributed by atoms with Crippen molar-refractivity contribution in [3.05, 3.63) is 70.1 Å². The zero-order valence-corrected chi connectivity index (χ0v) is 16.9. The molecule has 1 heterocycles. The molecule has 1 saturated heterocycles. The minimum Gasteiger partial charge on any atom is -0.489 e. The number of aryl methyl sites for hydroxylation is 1. The maximum absolute atomic E-state index is 12.4. The number of carbonyl (C=O) groups excluding carboxylic acids is 1. The van der Waals surface area contributed by atoms with Crippen LogP contribution in [0.15, 0.2) is 53.4 Å². The molecule has 1 fully saturated rings. The Labute approximate surface area is 169 Å². The monoisotopic (exact) mass is 399 g/mol. The van der Waals surface area contributed by atoms with E-state index in [4.69, 9.17) is 21.7 Å². The predicted octanol–water partition coefficient (Wildman–Crippen LogP) is 4.42. The first kappa shape index (κ1) is 19.6. The fourth-order valence-electron chi connectivity index (χ4n) is 2.54. The second kappa shape index (κ2) is 9.17. The molecule has 2 aromatic carbocycles. The number of ether oxygens (including phenoxy) is 2. The van der Waals surface area contributed by atoms with Crippen molar-refractivity contribution in [2.45, 2.75) is 13.5 Å². The van der Waals surface area contributed by atoms with Crippen LogP contribution >= 0.6 is 24.0 Å². The van der Waals surface area contributed by atoms with Crippen LogP contribution < -0.4 is 4.74 Å². The molecule has 0 saturated carbocycles. The molecule has 0 atom stereocenters. The molecule has 6 heteroatoms. The van der Waals surface area contributed by atoms with E-state index in [1.54, 1.807) is 12.0 Å². The molecule has 0 aliphatic carbocycles. The summed E-state index contributed by atoms with van der Waals surface area (Å²) in [7, 11) is 1.61. The van der Waals surface area contributed by atoms with Crippen LogP contribution in [0.25, 0.3) is 6.08 Å². The number of hydrogen-bond donors (Lipinski definition) is 0. The van der Waals surface area contributed by atoms with Crippen LogP contribution in [0.1, 0.15) is 16.7 Å². The van der Waals surface area contributed by atoms with E-state index in [2.05, 4.69) is 31.2 Å². The summed E-state index contributed by atoms with van der Waals surface area (Å²) in [5.74, 6) is 0.724. The molecule has 0 N–H and O–H groups in total. The topological polar surface area (TPSA) is 38.8 Å². The van der Waals surface area contributed by atoms with Crippen molar-refractivity contribution in [1.82, 2.24) is 4.90 Å². The first-order chi connectivity index (χ1) is 13.1. The molecular weight excluding hydrogens is 378 g/mol. The molecule has 27 heavy (non-hydrogen) atoms. The van der Waals surface area contributed by atoms with Gasteiger partial charge in [-0.3, -0.25) is 9.69 Å². The summed E-state index contributed by atoms with van der Waals surface area (Å²) >= 11 is 6.61. The number of carbonyl (C=O) groups is 1. The number of rotatable bonds is 7. The average molecular weight is 400 g/mol. The van der Waals surface area contributed by atoms with Gasteiger partial charge in [0.05, 0.1) is 18.1 Å². The number of methoxy groups -OCH3 is 1. The third kappa shape index (κ3) is 5.19. The van der Waals surface area contributed by atoms with Crippen molar-refractivity contribution in [2.24, 2.45) is 0 Å². The van der Waals surface area contributed by atoms with E-state index in [0.29, 0.717) is 29.0 Å². The highest BCUT2D eigenvalue weighted by molar-refractivity contribution is 8.26. The third-order valence-electron chi connectivity index (χ3n) is 4.10. The fraction of sp³-hybridized carbons (Fsp3) is 0.238. The van der Waals surface area contributed by atoms with Crippen molar-refractivity contribution in [3.8, 4) is 5.75 Å². The zero-order chi connectivity index (χ0) is 19.2. The van der Waals surface area contributed by atoms with Gasteiger partial charge in [-0.15, -0.1) is 0 Å². The summed E-state index contributed by atoms with van der Waals surface area (Å²) in [6.45, 7) is 3.53. The van der Waals surface area contributed by atoms with Crippen LogP contribution in [0.3, 0.4) is 0 Å². The molecule has 140 valence electrons. The Morgan fingerprint density at radius 2 is 1.81 bits per heavy atom. The van der Waals surface area contributed by atoms with E-state index in [1.165, 1.54) is 17.3 Å². The largest absolute Gasteiger partial charge is 0.489 e. The number of hydrogen-bond acceptors (Lipinski definition) is 5. The van der Waals surface area contributed by atoms with E-state index in [0.717, 1.165) is 16.9 Å². The van der Waals surface area contributed by atoms with Crippen molar-refractivity contribution < 1.29 is 14.3 Å². The second-order valence-electron chi connectivity index (χ2n) is 6.17. The van der Waals surface area contributed by atoms with Gasteiger partial charge in [0, 0.05) is 7.11 Å². The highest BCUT2D eigenvalue weighted by Gasteiger charge is 2.31. The Kier molecular flexibility index (Phi) is 6.66. The molecule has 3 rings (SSSR count). The van der Waals surface area contributed by atoms with Crippen molar-refractivity contribution in [3.63, 3.8) is 0 Å². The maximum atomic E-state index is 12.4. The molecule has 2 aromatic rings. The lowest BCUT2D eigenvalue weighted by Crippen LogP contribution is -2.31. The molecule has 1 aliphatic rings. The predicted molar refractivity (Wildman–Crippen MR) is 114 cm³/mol. The summed E-state index contributed by atoms with van der Waals surface area (Å²) in [6, 6.07) is 16.0. The molecule has 1 aliphatic heterocycles. The van der Waals surface area contributed by atoms with Gasteiger partial charge in [-0.1, -0.05) is 65.9 Å². The van der Waals surface area contributed by atoms with Gasteiger partial charge in [0.2, 0.25) is 0 Å². The number of thiocarbonyl (C=S) groups is 1. The molecule has 0 aromatic heterocycles. The van der Waals surface area contributed by atoms with Crippen LogP contribution in [0.4, 0.5) is 0 Å². The zero-order valence-electron chi connectivity index (χ0n) is 15.3. The van der Waals surface area contributed by atoms with E-state index < -0.39 is 0 Å². The van der Waals surface area contributed by atoms with Crippen LogP contribution in [-0.4, -0.2) is 35.4 Å². The van der Waals surface area contributed by atoms with Gasteiger partial charge in [-0.2, -0.15) is 0 Å². The summed E-state index contributed by atoms with van der Waals surface area (Å²) in [4.78, 5) is 14.7. The van der Waals surface area contributed by atoms with Gasteiger partial charge in [0.15, 0.2) is 0 Å². The minimum absolute atomic E-state index is 0.0678. The van der Waals surface area contributed by atoms with Crippen LogP contribution in [-0.2, 0) is 16.1 Å². The molecule has 0 bridgehead atoms. The second-order valence-corrected chi connectivity index (χ2v) is 7.85. The van der Waals surface area contributed by atoms with Gasteiger partial charge in [-0.05, 0) is 36.3 Å². The summed E-state index contributed by atoms with van der Waals surface area (Å²) < 4.78 is 11.4. The lowest BCUT2D eigenvalue weighted by atomic mass is 10.1. The SMILES string of the molecule is COCCN1C(=O)C(=Cc2ccc(OCc3ccc(C)cc3)cc2)SC1=S. The number of benzene rings is 2. The summed E-state index contributed by atoms with van der Waals surface area (Å²) in [6.07, 6.45) is 1.86. The molecule has 4 nitrogen and oxygen atoms in total. The number of amides is 1. The van der Waals surface area contributed by atoms with Crippen LogP contribution in [0, 0.1) is 6.92 Å². The highest BCUT2D eigenvalue weighted by atomic mass is 32.2. The maximum Gasteiger partial charge on any atom is 0.266 e. The first-order valence-corrected chi connectivity index (χ1v) is 9.82. The first-order valence-electron chi connectivity index (χ1n) is 8.59. The van der Waals surface area contributed by atoms with Gasteiger partial charge < -0.3 is 9.47 Å². The molecule has 0 radical (unpaired) electrons. The molecule has 0 unspecified atom stereocenters. The Hall–Kier alpha value is -2.15. The van der Waals surface area contributed by atoms with E-state index in [-0.39, 0.29) is 5.91 Å². The number of nitrogens with zero attached hydrogens (tertiary/aromatic N) is 1. The van der Waals surface area contributed by atoms with E-state index >= 15 is 0 Å². The van der Waals surface area contributed by atoms with Gasteiger partial charge >= 0.3 is 0 Å².